The van der Waals surface area contributed by atoms with Gasteiger partial charge >= 0.3 is 0 Å². The molecular weight excluding hydrogens is 384 g/mol. The zero-order valence-corrected chi connectivity index (χ0v) is 16.8. The van der Waals surface area contributed by atoms with Crippen molar-refractivity contribution in [3.8, 4) is 0 Å². The fraction of sp³-hybridized carbons (Fsp3) is 0.217. The van der Waals surface area contributed by atoms with Gasteiger partial charge in [0.15, 0.2) is 0 Å². The molecule has 1 saturated heterocycles. The second kappa shape index (κ2) is 7.16. The molecule has 1 aliphatic rings. The van der Waals surface area contributed by atoms with Crippen LogP contribution in [0.1, 0.15) is 22.9 Å². The van der Waals surface area contributed by atoms with Crippen LogP contribution in [0.3, 0.4) is 0 Å². The highest BCUT2D eigenvalue weighted by Crippen LogP contribution is 2.38. The molecule has 26 heavy (non-hydrogen) atoms. The van der Waals surface area contributed by atoms with E-state index < -0.39 is 0 Å². The SMILES string of the molecule is Cc1ccc(N2CCN(c3ccc(C)cc3)C2c2cccc(Br)c2)cc1. The van der Waals surface area contributed by atoms with Gasteiger partial charge < -0.3 is 9.80 Å². The lowest BCUT2D eigenvalue weighted by atomic mass is 10.1. The van der Waals surface area contributed by atoms with Crippen LogP contribution in [0.5, 0.6) is 0 Å². The largest absolute Gasteiger partial charge is 0.346 e. The van der Waals surface area contributed by atoms with Crippen LogP contribution < -0.4 is 9.80 Å². The third-order valence-electron chi connectivity index (χ3n) is 5.05. The van der Waals surface area contributed by atoms with Crippen molar-refractivity contribution in [1.29, 1.82) is 0 Å². The van der Waals surface area contributed by atoms with Crippen molar-refractivity contribution in [2.45, 2.75) is 20.0 Å². The Hall–Kier alpha value is -2.26. The Kier molecular flexibility index (Phi) is 4.73. The highest BCUT2D eigenvalue weighted by molar-refractivity contribution is 9.10. The monoisotopic (exact) mass is 406 g/mol. The number of aryl methyl sites for hydroxylation is 2. The predicted octanol–water partition coefficient (Wildman–Crippen LogP) is 6.09. The second-order valence-corrected chi connectivity index (χ2v) is 7.90. The molecule has 0 radical (unpaired) electrons. The first-order chi connectivity index (χ1) is 12.6. The molecule has 0 aliphatic carbocycles. The number of hydrogen-bond donors (Lipinski definition) is 0. The molecule has 0 aromatic heterocycles. The highest BCUT2D eigenvalue weighted by atomic mass is 79.9. The maximum Gasteiger partial charge on any atom is 0.128 e. The standard InChI is InChI=1S/C23H23BrN2/c1-17-6-10-21(11-7-17)25-14-15-26(22-12-8-18(2)9-13-22)23(25)19-4-3-5-20(24)16-19/h3-13,16,23H,14-15H2,1-2H3. The highest BCUT2D eigenvalue weighted by Gasteiger charge is 2.33. The Bertz CT molecular complexity index is 833. The molecule has 3 aromatic carbocycles. The lowest BCUT2D eigenvalue weighted by Gasteiger charge is -2.33. The third-order valence-corrected chi connectivity index (χ3v) is 5.54. The van der Waals surface area contributed by atoms with Gasteiger partial charge in [-0.1, -0.05) is 63.5 Å². The zero-order chi connectivity index (χ0) is 18.1. The molecule has 2 nitrogen and oxygen atoms in total. The number of rotatable bonds is 3. The summed E-state index contributed by atoms with van der Waals surface area (Å²) in [5.74, 6) is 0. The van der Waals surface area contributed by atoms with Crippen molar-refractivity contribution in [3.63, 3.8) is 0 Å². The molecule has 1 aliphatic heterocycles. The van der Waals surface area contributed by atoms with Gasteiger partial charge in [0.1, 0.15) is 6.17 Å². The summed E-state index contributed by atoms with van der Waals surface area (Å²) in [5.41, 5.74) is 6.44. The number of halogens is 1. The maximum atomic E-state index is 3.64. The van der Waals surface area contributed by atoms with Crippen LogP contribution in [-0.4, -0.2) is 13.1 Å². The molecule has 0 N–H and O–H groups in total. The summed E-state index contributed by atoms with van der Waals surface area (Å²) < 4.78 is 1.12. The number of hydrogen-bond acceptors (Lipinski definition) is 2. The first kappa shape index (κ1) is 17.2. The minimum Gasteiger partial charge on any atom is -0.346 e. The third kappa shape index (κ3) is 3.36. The van der Waals surface area contributed by atoms with Gasteiger partial charge in [-0.15, -0.1) is 0 Å². The topological polar surface area (TPSA) is 6.48 Å². The van der Waals surface area contributed by atoms with Crippen LogP contribution in [0.2, 0.25) is 0 Å². The second-order valence-electron chi connectivity index (χ2n) is 6.99. The van der Waals surface area contributed by atoms with Gasteiger partial charge in [0.25, 0.3) is 0 Å². The summed E-state index contributed by atoms with van der Waals surface area (Å²) in [6, 6.07) is 26.4. The van der Waals surface area contributed by atoms with Gasteiger partial charge in [0.05, 0.1) is 0 Å². The van der Waals surface area contributed by atoms with Crippen molar-refractivity contribution in [1.82, 2.24) is 0 Å². The van der Waals surface area contributed by atoms with Crippen molar-refractivity contribution in [2.24, 2.45) is 0 Å². The maximum absolute atomic E-state index is 3.64. The lowest BCUT2D eigenvalue weighted by molar-refractivity contribution is 0.717. The molecule has 0 unspecified atom stereocenters. The summed E-state index contributed by atoms with van der Waals surface area (Å²) in [6.07, 6.45) is 0.193. The van der Waals surface area contributed by atoms with Gasteiger partial charge in [-0.3, -0.25) is 0 Å². The van der Waals surface area contributed by atoms with Gasteiger partial charge in [-0.25, -0.2) is 0 Å². The molecule has 0 spiro atoms. The van der Waals surface area contributed by atoms with E-state index in [9.17, 15) is 0 Å². The van der Waals surface area contributed by atoms with Crippen LogP contribution in [0.25, 0.3) is 0 Å². The Morgan fingerprint density at radius 2 is 1.23 bits per heavy atom. The average molecular weight is 407 g/mol. The quantitative estimate of drug-likeness (QED) is 0.518. The van der Waals surface area contributed by atoms with Crippen LogP contribution in [0.15, 0.2) is 77.3 Å². The predicted molar refractivity (Wildman–Crippen MR) is 114 cm³/mol. The molecule has 4 rings (SSSR count). The van der Waals surface area contributed by atoms with E-state index in [1.807, 2.05) is 0 Å². The van der Waals surface area contributed by atoms with E-state index in [1.165, 1.54) is 28.1 Å². The van der Waals surface area contributed by atoms with Crippen molar-refractivity contribution >= 4 is 27.3 Å². The Morgan fingerprint density at radius 3 is 1.69 bits per heavy atom. The van der Waals surface area contributed by atoms with Gasteiger partial charge in [0.2, 0.25) is 0 Å². The lowest BCUT2D eigenvalue weighted by Crippen LogP contribution is -2.30. The van der Waals surface area contributed by atoms with Gasteiger partial charge in [-0.05, 0) is 55.8 Å². The minimum absolute atomic E-state index is 0.193. The molecular formula is C23H23BrN2. The van der Waals surface area contributed by atoms with E-state index in [-0.39, 0.29) is 6.17 Å². The van der Waals surface area contributed by atoms with Crippen molar-refractivity contribution in [3.05, 3.63) is 94.0 Å². The molecule has 0 amide bonds. The molecule has 1 heterocycles. The fourth-order valence-corrected chi connectivity index (χ4v) is 4.09. The van der Waals surface area contributed by atoms with Crippen molar-refractivity contribution < 1.29 is 0 Å². The van der Waals surface area contributed by atoms with E-state index in [4.69, 9.17) is 0 Å². The molecule has 0 atom stereocenters. The van der Waals surface area contributed by atoms with Crippen LogP contribution >= 0.6 is 15.9 Å². The zero-order valence-electron chi connectivity index (χ0n) is 15.2. The van der Waals surface area contributed by atoms with E-state index in [2.05, 4.69) is 112 Å². The van der Waals surface area contributed by atoms with Gasteiger partial charge in [0, 0.05) is 28.9 Å². The van der Waals surface area contributed by atoms with Crippen molar-refractivity contribution in [2.75, 3.05) is 22.9 Å². The van der Waals surface area contributed by atoms with E-state index in [0.29, 0.717) is 0 Å². The Balaban J connectivity index is 1.77. The number of nitrogens with zero attached hydrogens (tertiary/aromatic N) is 2. The smallest absolute Gasteiger partial charge is 0.128 e. The molecule has 0 saturated carbocycles. The van der Waals surface area contributed by atoms with Crippen LogP contribution in [-0.2, 0) is 0 Å². The van der Waals surface area contributed by atoms with E-state index in [0.717, 1.165) is 17.6 Å². The molecule has 0 bridgehead atoms. The number of benzene rings is 3. The fourth-order valence-electron chi connectivity index (χ4n) is 3.67. The Labute approximate surface area is 164 Å². The normalized spacial score (nSPS) is 14.9. The van der Waals surface area contributed by atoms with E-state index in [1.54, 1.807) is 0 Å². The molecule has 1 fully saturated rings. The molecule has 3 heteroatoms. The first-order valence-electron chi connectivity index (χ1n) is 9.04. The summed E-state index contributed by atoms with van der Waals surface area (Å²) >= 11 is 3.64. The van der Waals surface area contributed by atoms with E-state index >= 15 is 0 Å². The summed E-state index contributed by atoms with van der Waals surface area (Å²) in [7, 11) is 0. The molecule has 132 valence electrons. The Morgan fingerprint density at radius 1 is 0.731 bits per heavy atom. The van der Waals surface area contributed by atoms with Gasteiger partial charge in [-0.2, -0.15) is 0 Å². The summed E-state index contributed by atoms with van der Waals surface area (Å²) in [5, 5.41) is 0. The number of anilines is 2. The van der Waals surface area contributed by atoms with Crippen LogP contribution in [0.4, 0.5) is 11.4 Å². The minimum atomic E-state index is 0.193. The summed E-state index contributed by atoms with van der Waals surface area (Å²) in [6.45, 7) is 6.29. The van der Waals surface area contributed by atoms with Crippen LogP contribution in [0, 0.1) is 13.8 Å². The molecule has 3 aromatic rings. The average Bonchev–Trinajstić information content (AvgIpc) is 3.08. The summed E-state index contributed by atoms with van der Waals surface area (Å²) in [4.78, 5) is 5.00. The first-order valence-corrected chi connectivity index (χ1v) is 9.83.